The molecule has 2 bridgehead atoms. The number of halogens is 1. The number of rotatable bonds is 4. The standard InChI is InChI=1S/C20H25FO3S2/c1-23-18-6-5-13(9-17(18)21)12-24-19(22)14-10-15-3-2-4-16(11-14)20(15)25-7-8-26-20/h5-6,9,14-16H,2-4,7-8,10-12H2,1H3/t14?,15-,16+. The van der Waals surface area contributed by atoms with Crippen LogP contribution in [0.1, 0.15) is 37.7 Å². The first-order valence-electron chi connectivity index (χ1n) is 9.39. The maximum Gasteiger partial charge on any atom is 0.309 e. The van der Waals surface area contributed by atoms with Gasteiger partial charge in [-0.1, -0.05) is 12.5 Å². The third kappa shape index (κ3) is 3.35. The van der Waals surface area contributed by atoms with Gasteiger partial charge in [-0.15, -0.1) is 23.5 Å². The molecule has 1 aromatic rings. The molecule has 3 aliphatic rings. The van der Waals surface area contributed by atoms with E-state index < -0.39 is 5.82 Å². The Bertz CT molecular complexity index is 659. The molecule has 26 heavy (non-hydrogen) atoms. The van der Waals surface area contributed by atoms with Gasteiger partial charge in [-0.05, 0) is 55.2 Å². The lowest BCUT2D eigenvalue weighted by Gasteiger charge is -2.51. The van der Waals surface area contributed by atoms with E-state index in [1.807, 2.05) is 0 Å². The number of thioether (sulfide) groups is 2. The van der Waals surface area contributed by atoms with E-state index in [1.54, 1.807) is 12.1 Å². The molecule has 3 fully saturated rings. The highest BCUT2D eigenvalue weighted by Gasteiger charge is 2.55. The van der Waals surface area contributed by atoms with E-state index in [9.17, 15) is 9.18 Å². The molecule has 1 spiro atoms. The van der Waals surface area contributed by atoms with Crippen molar-refractivity contribution in [3.05, 3.63) is 29.6 Å². The predicted octanol–water partition coefficient (Wildman–Crippen LogP) is 4.88. The van der Waals surface area contributed by atoms with E-state index in [0.717, 1.165) is 12.8 Å². The summed E-state index contributed by atoms with van der Waals surface area (Å²) in [5.74, 6) is 3.42. The lowest BCUT2D eigenvalue weighted by molar-refractivity contribution is -0.152. The van der Waals surface area contributed by atoms with Crippen LogP contribution in [0.3, 0.4) is 0 Å². The van der Waals surface area contributed by atoms with Crippen molar-refractivity contribution >= 4 is 29.5 Å². The second-order valence-corrected chi connectivity index (χ2v) is 10.5. The van der Waals surface area contributed by atoms with Gasteiger partial charge in [-0.3, -0.25) is 4.79 Å². The Morgan fingerprint density at radius 1 is 1.23 bits per heavy atom. The number of carbonyl (C=O) groups is 1. The summed E-state index contributed by atoms with van der Waals surface area (Å²) in [5, 5.41) is 0. The highest BCUT2D eigenvalue weighted by atomic mass is 32.2. The van der Waals surface area contributed by atoms with Gasteiger partial charge in [0, 0.05) is 11.5 Å². The number of methoxy groups -OCH3 is 1. The molecule has 0 N–H and O–H groups in total. The fourth-order valence-electron chi connectivity index (χ4n) is 4.87. The molecule has 1 unspecified atom stereocenters. The number of ether oxygens (including phenoxy) is 2. The second kappa shape index (κ2) is 7.63. The zero-order valence-electron chi connectivity index (χ0n) is 15.0. The maximum atomic E-state index is 13.8. The molecule has 2 saturated carbocycles. The van der Waals surface area contributed by atoms with Crippen LogP contribution in [0.25, 0.3) is 0 Å². The second-order valence-electron chi connectivity index (χ2n) is 7.49. The Balaban J connectivity index is 1.38. The Morgan fingerprint density at radius 3 is 2.54 bits per heavy atom. The topological polar surface area (TPSA) is 35.5 Å². The molecule has 142 valence electrons. The number of hydrogen-bond donors (Lipinski definition) is 0. The normalized spacial score (nSPS) is 29.5. The van der Waals surface area contributed by atoms with Crippen LogP contribution in [-0.2, 0) is 16.1 Å². The minimum absolute atomic E-state index is 0.000760. The van der Waals surface area contributed by atoms with Gasteiger partial charge >= 0.3 is 5.97 Å². The van der Waals surface area contributed by atoms with Crippen molar-refractivity contribution in [2.24, 2.45) is 17.8 Å². The highest BCUT2D eigenvalue weighted by molar-refractivity contribution is 8.21. The fraction of sp³-hybridized carbons (Fsp3) is 0.650. The SMILES string of the molecule is COc1ccc(COC(=O)C2C[C@H]3CCC[C@@H](C2)C32SCCS2)cc1F. The summed E-state index contributed by atoms with van der Waals surface area (Å²) in [7, 11) is 1.44. The monoisotopic (exact) mass is 396 g/mol. The molecule has 4 rings (SSSR count). The molecule has 6 heteroatoms. The van der Waals surface area contributed by atoms with Gasteiger partial charge in [-0.2, -0.15) is 0 Å². The van der Waals surface area contributed by atoms with Gasteiger partial charge in [0.1, 0.15) is 6.61 Å². The van der Waals surface area contributed by atoms with E-state index in [1.165, 1.54) is 43.9 Å². The molecular weight excluding hydrogens is 371 g/mol. The Morgan fingerprint density at radius 2 is 1.92 bits per heavy atom. The number of carbonyl (C=O) groups excluding carboxylic acids is 1. The van der Waals surface area contributed by atoms with Crippen molar-refractivity contribution in [2.75, 3.05) is 18.6 Å². The smallest absolute Gasteiger partial charge is 0.309 e. The van der Waals surface area contributed by atoms with Crippen molar-refractivity contribution in [2.45, 2.75) is 42.8 Å². The van der Waals surface area contributed by atoms with Crippen LogP contribution in [0, 0.1) is 23.6 Å². The first-order valence-corrected chi connectivity index (χ1v) is 11.4. The molecule has 3 atom stereocenters. The van der Waals surface area contributed by atoms with Crippen LogP contribution in [0.5, 0.6) is 5.75 Å². The summed E-state index contributed by atoms with van der Waals surface area (Å²) in [5.41, 5.74) is 0.658. The van der Waals surface area contributed by atoms with E-state index >= 15 is 0 Å². The average molecular weight is 397 g/mol. The number of benzene rings is 1. The van der Waals surface area contributed by atoms with Gasteiger partial charge in [-0.25, -0.2) is 4.39 Å². The summed E-state index contributed by atoms with van der Waals surface area (Å²) in [6.45, 7) is 0.125. The molecule has 1 heterocycles. The number of hydrogen-bond acceptors (Lipinski definition) is 5. The van der Waals surface area contributed by atoms with Gasteiger partial charge in [0.15, 0.2) is 11.6 Å². The maximum absolute atomic E-state index is 13.8. The fourth-order valence-corrected chi connectivity index (χ4v) is 8.81. The van der Waals surface area contributed by atoms with Crippen LogP contribution in [0.4, 0.5) is 4.39 Å². The van der Waals surface area contributed by atoms with Gasteiger partial charge in [0.05, 0.1) is 17.1 Å². The van der Waals surface area contributed by atoms with Gasteiger partial charge in [0.25, 0.3) is 0 Å². The first-order chi connectivity index (χ1) is 12.6. The Kier molecular flexibility index (Phi) is 5.42. The molecule has 1 saturated heterocycles. The van der Waals surface area contributed by atoms with Crippen molar-refractivity contribution in [3.63, 3.8) is 0 Å². The number of esters is 1. The summed E-state index contributed by atoms with van der Waals surface area (Å²) < 4.78 is 24.6. The molecule has 0 aromatic heterocycles. The average Bonchev–Trinajstić information content (AvgIpc) is 3.09. The lowest BCUT2D eigenvalue weighted by Crippen LogP contribution is -2.48. The highest BCUT2D eigenvalue weighted by Crippen LogP contribution is 2.64. The quantitative estimate of drug-likeness (QED) is 0.678. The van der Waals surface area contributed by atoms with Gasteiger partial charge < -0.3 is 9.47 Å². The van der Waals surface area contributed by atoms with Gasteiger partial charge in [0.2, 0.25) is 0 Å². The summed E-state index contributed by atoms with van der Waals surface area (Å²) in [6.07, 6.45) is 5.68. The van der Waals surface area contributed by atoms with Crippen molar-refractivity contribution in [1.29, 1.82) is 0 Å². The van der Waals surface area contributed by atoms with E-state index in [-0.39, 0.29) is 24.2 Å². The molecular formula is C20H25FO3S2. The minimum atomic E-state index is -0.425. The van der Waals surface area contributed by atoms with E-state index in [0.29, 0.717) is 21.5 Å². The van der Waals surface area contributed by atoms with E-state index in [4.69, 9.17) is 9.47 Å². The molecule has 2 aliphatic carbocycles. The van der Waals surface area contributed by atoms with Crippen LogP contribution in [0.15, 0.2) is 18.2 Å². The Hall–Kier alpha value is -0.880. The van der Waals surface area contributed by atoms with Crippen molar-refractivity contribution < 1.29 is 18.7 Å². The molecule has 0 amide bonds. The zero-order chi connectivity index (χ0) is 18.1. The third-order valence-electron chi connectivity index (χ3n) is 6.05. The lowest BCUT2D eigenvalue weighted by atomic mass is 9.67. The van der Waals surface area contributed by atoms with Crippen LogP contribution in [-0.4, -0.2) is 28.7 Å². The van der Waals surface area contributed by atoms with Crippen LogP contribution >= 0.6 is 23.5 Å². The van der Waals surface area contributed by atoms with Crippen molar-refractivity contribution in [1.82, 2.24) is 0 Å². The van der Waals surface area contributed by atoms with E-state index in [2.05, 4.69) is 23.5 Å². The summed E-state index contributed by atoms with van der Waals surface area (Å²) in [4.78, 5) is 12.7. The third-order valence-corrected chi connectivity index (χ3v) is 10.1. The minimum Gasteiger partial charge on any atom is -0.494 e. The van der Waals surface area contributed by atoms with Crippen LogP contribution < -0.4 is 4.74 Å². The summed E-state index contributed by atoms with van der Waals surface area (Å²) >= 11 is 4.29. The largest absolute Gasteiger partial charge is 0.494 e. The molecule has 3 nitrogen and oxygen atoms in total. The first kappa shape index (κ1) is 18.5. The van der Waals surface area contributed by atoms with Crippen molar-refractivity contribution in [3.8, 4) is 5.75 Å². The zero-order valence-corrected chi connectivity index (χ0v) is 16.7. The van der Waals surface area contributed by atoms with Crippen LogP contribution in [0.2, 0.25) is 0 Å². The Labute approximate surface area is 162 Å². The molecule has 1 aromatic carbocycles. The molecule has 1 aliphatic heterocycles. The predicted molar refractivity (Wildman–Crippen MR) is 104 cm³/mol. The summed E-state index contributed by atoms with van der Waals surface area (Å²) in [6, 6.07) is 4.69. The molecule has 0 radical (unpaired) electrons.